The summed E-state index contributed by atoms with van der Waals surface area (Å²) in [5, 5.41) is 0. The fraction of sp³-hybridized carbons (Fsp3) is 0.357. The van der Waals surface area contributed by atoms with Gasteiger partial charge in [-0.1, -0.05) is 0 Å². The molecule has 0 atom stereocenters. The van der Waals surface area contributed by atoms with Crippen LogP contribution in [0.3, 0.4) is 0 Å². The first kappa shape index (κ1) is 14.9. The number of urea groups is 1. The molecule has 1 fully saturated rings. The molecule has 0 unspecified atom stereocenters. The average Bonchev–Trinajstić information content (AvgIpc) is 2.74. The van der Waals surface area contributed by atoms with E-state index in [1.807, 2.05) is 6.92 Å². The number of anilines is 1. The summed E-state index contributed by atoms with van der Waals surface area (Å²) in [6.45, 7) is 9.49. The van der Waals surface area contributed by atoms with Gasteiger partial charge in [0.25, 0.3) is 5.91 Å². The van der Waals surface area contributed by atoms with Crippen molar-refractivity contribution in [3.05, 3.63) is 35.4 Å². The van der Waals surface area contributed by atoms with Crippen molar-refractivity contribution < 1.29 is 18.7 Å². The third kappa shape index (κ3) is 3.17. The molecule has 0 spiro atoms. The lowest BCUT2D eigenvalue weighted by atomic mass is 10.2. The molecule has 1 aliphatic rings. The average molecular weight is 291 g/mol. The van der Waals surface area contributed by atoms with Gasteiger partial charge in [-0.05, 0) is 25.1 Å². The minimum Gasteiger partial charge on any atom is -0.380 e. The van der Waals surface area contributed by atoms with E-state index in [1.54, 1.807) is 0 Å². The van der Waals surface area contributed by atoms with E-state index < -0.39 is 11.8 Å². The maximum Gasteiger partial charge on any atom is 0.331 e. The lowest BCUT2D eigenvalue weighted by molar-refractivity contribution is -0.125. The zero-order valence-electron chi connectivity index (χ0n) is 11.5. The number of halogens is 1. The molecule has 3 amide bonds. The highest BCUT2D eigenvalue weighted by Crippen LogP contribution is 2.27. The third-order valence-electron chi connectivity index (χ3n) is 3.03. The van der Waals surface area contributed by atoms with Crippen molar-refractivity contribution >= 4 is 23.3 Å². The van der Waals surface area contributed by atoms with Crippen LogP contribution in [0.2, 0.25) is 0 Å². The maximum absolute atomic E-state index is 13.4. The van der Waals surface area contributed by atoms with Crippen molar-refractivity contribution in [1.29, 1.82) is 0 Å². The number of carbonyl (C=O) groups excluding carboxylic acids is 2. The molecule has 1 saturated heterocycles. The van der Waals surface area contributed by atoms with Crippen molar-refractivity contribution in [2.75, 3.05) is 31.2 Å². The molecule has 1 aromatic carbocycles. The Morgan fingerprint density at radius 3 is 2.81 bits per heavy atom. The van der Waals surface area contributed by atoms with Gasteiger partial charge in [-0.25, -0.2) is 14.0 Å². The van der Waals surface area contributed by atoms with Crippen LogP contribution >= 0.6 is 0 Å². The summed E-state index contributed by atoms with van der Waals surface area (Å²) < 4.78 is 18.6. The number of amides is 3. The van der Waals surface area contributed by atoms with Crippen LogP contribution in [0.4, 0.5) is 20.6 Å². The fourth-order valence-corrected chi connectivity index (χ4v) is 2.04. The molecule has 1 aliphatic heterocycles. The van der Waals surface area contributed by atoms with Gasteiger partial charge in [0.05, 0.1) is 19.7 Å². The van der Waals surface area contributed by atoms with E-state index in [2.05, 4.69) is 4.85 Å². The SMILES string of the molecule is [C-]#[N+]c1cc(F)cc(N2CC(=O)N(CCOCC)C2=O)c1. The number of benzene rings is 1. The van der Waals surface area contributed by atoms with E-state index in [4.69, 9.17) is 11.3 Å². The van der Waals surface area contributed by atoms with Crippen LogP contribution in [-0.4, -0.2) is 43.1 Å². The number of nitrogens with zero attached hydrogens (tertiary/aromatic N) is 3. The Balaban J connectivity index is 2.19. The predicted molar refractivity (Wildman–Crippen MR) is 73.6 cm³/mol. The van der Waals surface area contributed by atoms with Gasteiger partial charge in [0.1, 0.15) is 12.4 Å². The highest BCUT2D eigenvalue weighted by molar-refractivity contribution is 6.12. The second kappa shape index (κ2) is 6.33. The van der Waals surface area contributed by atoms with Gasteiger partial charge in [0.2, 0.25) is 0 Å². The summed E-state index contributed by atoms with van der Waals surface area (Å²) in [5.41, 5.74) is 0.288. The van der Waals surface area contributed by atoms with Crippen LogP contribution < -0.4 is 4.90 Å². The summed E-state index contributed by atoms with van der Waals surface area (Å²) in [6, 6.07) is 3.06. The summed E-state index contributed by atoms with van der Waals surface area (Å²) in [7, 11) is 0. The van der Waals surface area contributed by atoms with Crippen molar-refractivity contribution in [1.82, 2.24) is 4.90 Å². The van der Waals surface area contributed by atoms with Crippen LogP contribution in [0.5, 0.6) is 0 Å². The maximum atomic E-state index is 13.4. The molecule has 0 bridgehead atoms. The molecule has 7 heteroatoms. The summed E-state index contributed by atoms with van der Waals surface area (Å²) in [5.74, 6) is -0.986. The quantitative estimate of drug-likeness (QED) is 0.474. The minimum absolute atomic E-state index is 0.0815. The summed E-state index contributed by atoms with van der Waals surface area (Å²) in [4.78, 5) is 29.4. The Labute approximate surface area is 121 Å². The third-order valence-corrected chi connectivity index (χ3v) is 3.03. The highest BCUT2D eigenvalue weighted by Gasteiger charge is 2.36. The molecule has 21 heavy (non-hydrogen) atoms. The number of rotatable bonds is 5. The lowest BCUT2D eigenvalue weighted by Gasteiger charge is -2.17. The molecular formula is C14H14FN3O3. The smallest absolute Gasteiger partial charge is 0.331 e. The van der Waals surface area contributed by atoms with E-state index in [-0.39, 0.29) is 37.0 Å². The first-order valence-electron chi connectivity index (χ1n) is 6.44. The highest BCUT2D eigenvalue weighted by atomic mass is 19.1. The Kier molecular flexibility index (Phi) is 4.50. The minimum atomic E-state index is -0.619. The molecule has 0 aliphatic carbocycles. The molecule has 0 aromatic heterocycles. The molecule has 2 rings (SSSR count). The summed E-state index contributed by atoms with van der Waals surface area (Å²) in [6.07, 6.45) is 0. The largest absolute Gasteiger partial charge is 0.380 e. The second-order valence-electron chi connectivity index (χ2n) is 4.39. The van der Waals surface area contributed by atoms with Gasteiger partial charge in [-0.2, -0.15) is 0 Å². The topological polar surface area (TPSA) is 54.2 Å². The van der Waals surface area contributed by atoms with Crippen LogP contribution in [0.25, 0.3) is 4.85 Å². The molecule has 110 valence electrons. The Bertz CT molecular complexity index is 612. The van der Waals surface area contributed by atoms with Crippen molar-refractivity contribution in [2.24, 2.45) is 0 Å². The Hall–Kier alpha value is -2.46. The van der Waals surface area contributed by atoms with Gasteiger partial charge in [0, 0.05) is 12.3 Å². The zero-order chi connectivity index (χ0) is 15.4. The number of ether oxygens (including phenoxy) is 1. The van der Waals surface area contributed by atoms with Gasteiger partial charge in [-0.3, -0.25) is 14.6 Å². The monoisotopic (exact) mass is 291 g/mol. The number of carbonyl (C=O) groups is 2. The second-order valence-corrected chi connectivity index (χ2v) is 4.39. The number of hydrogen-bond donors (Lipinski definition) is 0. The Morgan fingerprint density at radius 2 is 2.14 bits per heavy atom. The summed E-state index contributed by atoms with van der Waals surface area (Å²) >= 11 is 0. The molecule has 0 saturated carbocycles. The molecule has 0 N–H and O–H groups in total. The van der Waals surface area contributed by atoms with Crippen molar-refractivity contribution in [2.45, 2.75) is 6.92 Å². The van der Waals surface area contributed by atoms with Gasteiger partial charge in [-0.15, -0.1) is 0 Å². The standard InChI is InChI=1S/C14H14FN3O3/c1-3-21-5-4-17-13(19)9-18(14(17)20)12-7-10(15)6-11(8-12)16-2/h6-8H,3-5,9H2,1H3. The van der Waals surface area contributed by atoms with E-state index in [0.717, 1.165) is 21.9 Å². The molecule has 1 heterocycles. The van der Waals surface area contributed by atoms with Crippen LogP contribution in [-0.2, 0) is 9.53 Å². The first-order valence-corrected chi connectivity index (χ1v) is 6.44. The van der Waals surface area contributed by atoms with Gasteiger partial charge in [0.15, 0.2) is 5.69 Å². The predicted octanol–water partition coefficient (Wildman–Crippen LogP) is 2.18. The molecule has 6 nitrogen and oxygen atoms in total. The fourth-order valence-electron chi connectivity index (χ4n) is 2.04. The van der Waals surface area contributed by atoms with E-state index in [9.17, 15) is 14.0 Å². The van der Waals surface area contributed by atoms with E-state index >= 15 is 0 Å². The van der Waals surface area contributed by atoms with Gasteiger partial charge >= 0.3 is 6.03 Å². The van der Waals surface area contributed by atoms with Crippen LogP contribution in [0.15, 0.2) is 18.2 Å². The van der Waals surface area contributed by atoms with E-state index in [0.29, 0.717) is 6.61 Å². The molecular weight excluding hydrogens is 277 g/mol. The van der Waals surface area contributed by atoms with Crippen LogP contribution in [0, 0.1) is 12.4 Å². The number of imide groups is 1. The lowest BCUT2D eigenvalue weighted by Crippen LogP contribution is -2.35. The number of hydrogen-bond acceptors (Lipinski definition) is 3. The van der Waals surface area contributed by atoms with Crippen molar-refractivity contribution in [3.8, 4) is 0 Å². The molecule has 1 aromatic rings. The van der Waals surface area contributed by atoms with E-state index in [1.165, 1.54) is 6.07 Å². The zero-order valence-corrected chi connectivity index (χ0v) is 11.5. The Morgan fingerprint density at radius 1 is 1.38 bits per heavy atom. The normalized spacial score (nSPS) is 14.7. The van der Waals surface area contributed by atoms with Crippen LogP contribution in [0.1, 0.15) is 6.92 Å². The van der Waals surface area contributed by atoms with Gasteiger partial charge < -0.3 is 4.74 Å². The first-order chi connectivity index (χ1) is 10.1. The molecule has 0 radical (unpaired) electrons. The van der Waals surface area contributed by atoms with Crippen molar-refractivity contribution in [3.63, 3.8) is 0 Å².